The van der Waals surface area contributed by atoms with Gasteiger partial charge in [0.1, 0.15) is 0 Å². The molecule has 2 rings (SSSR count). The van der Waals surface area contributed by atoms with E-state index in [-0.39, 0.29) is 49.7 Å². The summed E-state index contributed by atoms with van der Waals surface area (Å²) in [7, 11) is 0. The maximum absolute atomic E-state index is 11.6. The number of hydrogen-bond donors (Lipinski definition) is 3. The number of carbonyl (C=O) groups is 2. The van der Waals surface area contributed by atoms with Gasteiger partial charge in [-0.05, 0) is 30.5 Å². The van der Waals surface area contributed by atoms with Crippen LogP contribution in [0.3, 0.4) is 0 Å². The molecule has 4 N–H and O–H groups in total. The van der Waals surface area contributed by atoms with Crippen molar-refractivity contribution >= 4 is 58.2 Å². The summed E-state index contributed by atoms with van der Waals surface area (Å²) >= 11 is 3.48. The van der Waals surface area contributed by atoms with Gasteiger partial charge in [-0.25, -0.2) is 0 Å². The third-order valence-electron chi connectivity index (χ3n) is 3.68. The third-order valence-corrected chi connectivity index (χ3v) is 4.17. The molecule has 1 atom stereocenters. The van der Waals surface area contributed by atoms with E-state index in [9.17, 15) is 9.59 Å². The minimum absolute atomic E-state index is 0. The minimum atomic E-state index is -0.322. The van der Waals surface area contributed by atoms with Crippen molar-refractivity contribution in [1.29, 1.82) is 0 Å². The summed E-state index contributed by atoms with van der Waals surface area (Å²) in [4.78, 5) is 24.9. The number of anilines is 1. The molecule has 1 aliphatic heterocycles. The van der Waals surface area contributed by atoms with E-state index in [1.165, 1.54) is 5.69 Å². The maximum atomic E-state index is 11.6. The van der Waals surface area contributed by atoms with Gasteiger partial charge < -0.3 is 21.3 Å². The van der Waals surface area contributed by atoms with E-state index in [4.69, 9.17) is 5.73 Å². The van der Waals surface area contributed by atoms with Crippen LogP contribution in [-0.4, -0.2) is 44.5 Å². The second-order valence-electron chi connectivity index (χ2n) is 5.37. The van der Waals surface area contributed by atoms with Gasteiger partial charge in [-0.2, -0.15) is 0 Å². The van der Waals surface area contributed by atoms with Crippen molar-refractivity contribution in [3.8, 4) is 0 Å². The zero-order valence-corrected chi connectivity index (χ0v) is 16.4. The van der Waals surface area contributed by atoms with Crippen LogP contribution in [0.25, 0.3) is 0 Å². The Kier molecular flexibility index (Phi) is 11.0. The van der Waals surface area contributed by atoms with Crippen molar-refractivity contribution in [1.82, 2.24) is 10.6 Å². The first-order chi connectivity index (χ1) is 10.6. The van der Waals surface area contributed by atoms with Crippen molar-refractivity contribution in [3.05, 3.63) is 28.7 Å². The number of amides is 2. The van der Waals surface area contributed by atoms with Crippen LogP contribution in [0.1, 0.15) is 6.42 Å². The molecule has 0 saturated carbocycles. The van der Waals surface area contributed by atoms with E-state index in [0.717, 1.165) is 24.0 Å². The molecular formula is C15H23BrCl2N4O2. The number of nitrogens with two attached hydrogens (primary N) is 1. The number of rotatable bonds is 6. The third kappa shape index (κ3) is 7.25. The summed E-state index contributed by atoms with van der Waals surface area (Å²) in [6.45, 7) is 2.42. The van der Waals surface area contributed by atoms with Crippen molar-refractivity contribution in [2.75, 3.05) is 37.6 Å². The fourth-order valence-corrected chi connectivity index (χ4v) is 2.87. The van der Waals surface area contributed by atoms with Gasteiger partial charge in [0.15, 0.2) is 0 Å². The van der Waals surface area contributed by atoms with Crippen LogP contribution >= 0.6 is 40.7 Å². The Bertz CT molecular complexity index is 548. The van der Waals surface area contributed by atoms with Gasteiger partial charge >= 0.3 is 0 Å². The largest absolute Gasteiger partial charge is 0.371 e. The van der Waals surface area contributed by atoms with Gasteiger partial charge in [0.25, 0.3) is 0 Å². The van der Waals surface area contributed by atoms with Crippen LogP contribution in [0.2, 0.25) is 0 Å². The normalized spacial score (nSPS) is 15.9. The lowest BCUT2D eigenvalue weighted by Crippen LogP contribution is -2.41. The molecule has 9 heteroatoms. The highest BCUT2D eigenvalue weighted by atomic mass is 79.9. The average Bonchev–Trinajstić information content (AvgIpc) is 2.99. The summed E-state index contributed by atoms with van der Waals surface area (Å²) in [5, 5.41) is 5.31. The molecule has 1 aliphatic rings. The quantitative estimate of drug-likeness (QED) is 0.621. The van der Waals surface area contributed by atoms with Gasteiger partial charge in [-0.15, -0.1) is 24.8 Å². The molecule has 1 unspecified atom stereocenters. The molecule has 0 spiro atoms. The van der Waals surface area contributed by atoms with Gasteiger partial charge in [-0.1, -0.05) is 22.0 Å². The first-order valence-electron chi connectivity index (χ1n) is 7.32. The predicted molar refractivity (Wildman–Crippen MR) is 104 cm³/mol. The van der Waals surface area contributed by atoms with Gasteiger partial charge in [0.05, 0.1) is 13.1 Å². The first kappa shape index (κ1) is 23.0. The standard InChI is InChI=1S/C15H21BrN4O2.2ClH/c16-12-2-1-3-13(6-12)20-5-4-11(10-20)8-18-15(22)9-19-14(21)7-17;;/h1-3,6,11H,4-5,7-10,17H2,(H,18,22)(H,19,21);2*1H. The Hall–Kier alpha value is -1.02. The molecule has 24 heavy (non-hydrogen) atoms. The average molecular weight is 442 g/mol. The highest BCUT2D eigenvalue weighted by Crippen LogP contribution is 2.25. The maximum Gasteiger partial charge on any atom is 0.239 e. The van der Waals surface area contributed by atoms with Crippen molar-refractivity contribution < 1.29 is 9.59 Å². The Morgan fingerprint density at radius 3 is 2.67 bits per heavy atom. The molecule has 6 nitrogen and oxygen atoms in total. The molecule has 0 radical (unpaired) electrons. The van der Waals surface area contributed by atoms with Crippen LogP contribution < -0.4 is 21.3 Å². The van der Waals surface area contributed by atoms with Crippen molar-refractivity contribution in [2.24, 2.45) is 11.7 Å². The predicted octanol–water partition coefficient (Wildman–Crippen LogP) is 1.31. The number of halogens is 3. The van der Waals surface area contributed by atoms with Crippen molar-refractivity contribution in [3.63, 3.8) is 0 Å². The number of hydrogen-bond acceptors (Lipinski definition) is 4. The fourth-order valence-electron chi connectivity index (χ4n) is 2.48. The number of nitrogens with zero attached hydrogens (tertiary/aromatic N) is 1. The Morgan fingerprint density at radius 2 is 2.00 bits per heavy atom. The van der Waals surface area contributed by atoms with Crippen LogP contribution in [0.15, 0.2) is 28.7 Å². The van der Waals surface area contributed by atoms with Crippen LogP contribution in [-0.2, 0) is 9.59 Å². The zero-order chi connectivity index (χ0) is 15.9. The summed E-state index contributed by atoms with van der Waals surface area (Å²) in [5.74, 6) is -0.0762. The van der Waals surface area contributed by atoms with Crippen LogP contribution in [0, 0.1) is 5.92 Å². The van der Waals surface area contributed by atoms with E-state index >= 15 is 0 Å². The number of nitrogens with one attached hydrogen (secondary N) is 2. The van der Waals surface area contributed by atoms with Gasteiger partial charge in [0.2, 0.25) is 11.8 Å². The summed E-state index contributed by atoms with van der Waals surface area (Å²) in [6, 6.07) is 8.22. The van der Waals surface area contributed by atoms with E-state index in [2.05, 4.69) is 43.6 Å². The van der Waals surface area contributed by atoms with Crippen LogP contribution in [0.5, 0.6) is 0 Å². The smallest absolute Gasteiger partial charge is 0.239 e. The Balaban J connectivity index is 0.00000264. The van der Waals surface area contributed by atoms with Gasteiger partial charge in [-0.3, -0.25) is 9.59 Å². The van der Waals surface area contributed by atoms with E-state index in [1.54, 1.807) is 0 Å². The molecule has 1 saturated heterocycles. The van der Waals surface area contributed by atoms with E-state index in [0.29, 0.717) is 12.5 Å². The molecule has 1 heterocycles. The monoisotopic (exact) mass is 440 g/mol. The van der Waals surface area contributed by atoms with E-state index < -0.39 is 0 Å². The number of carbonyl (C=O) groups excluding carboxylic acids is 2. The molecule has 2 amide bonds. The molecule has 1 aromatic carbocycles. The molecular weight excluding hydrogens is 419 g/mol. The van der Waals surface area contributed by atoms with Crippen molar-refractivity contribution in [2.45, 2.75) is 6.42 Å². The molecule has 136 valence electrons. The first-order valence-corrected chi connectivity index (χ1v) is 8.11. The summed E-state index contributed by atoms with van der Waals surface area (Å²) in [6.07, 6.45) is 1.04. The SMILES string of the molecule is Cl.Cl.NCC(=O)NCC(=O)NCC1CCN(c2cccc(Br)c2)C1. The second kappa shape index (κ2) is 11.5. The molecule has 0 aliphatic carbocycles. The Labute approximate surface area is 162 Å². The minimum Gasteiger partial charge on any atom is -0.371 e. The topological polar surface area (TPSA) is 87.5 Å². The van der Waals surface area contributed by atoms with Crippen LogP contribution in [0.4, 0.5) is 5.69 Å². The Morgan fingerprint density at radius 1 is 1.25 bits per heavy atom. The highest BCUT2D eigenvalue weighted by molar-refractivity contribution is 9.10. The summed E-state index contributed by atoms with van der Waals surface area (Å²) in [5.41, 5.74) is 6.35. The second-order valence-corrected chi connectivity index (χ2v) is 6.28. The lowest BCUT2D eigenvalue weighted by molar-refractivity contribution is -0.125. The molecule has 0 bridgehead atoms. The van der Waals surface area contributed by atoms with E-state index in [1.807, 2.05) is 12.1 Å². The van der Waals surface area contributed by atoms with Gasteiger partial charge in [0, 0.05) is 29.8 Å². The number of benzene rings is 1. The highest BCUT2D eigenvalue weighted by Gasteiger charge is 2.23. The molecule has 0 aromatic heterocycles. The molecule has 1 aromatic rings. The summed E-state index contributed by atoms with van der Waals surface area (Å²) < 4.78 is 1.07. The molecule has 1 fully saturated rings. The fraction of sp³-hybridized carbons (Fsp3) is 0.467. The lowest BCUT2D eigenvalue weighted by atomic mass is 10.1. The zero-order valence-electron chi connectivity index (χ0n) is 13.2. The lowest BCUT2D eigenvalue weighted by Gasteiger charge is -2.19.